The van der Waals surface area contributed by atoms with E-state index in [1.165, 1.54) is 0 Å². The van der Waals surface area contributed by atoms with Gasteiger partial charge in [0.25, 0.3) is 0 Å². The van der Waals surface area contributed by atoms with Crippen LogP contribution in [0.5, 0.6) is 11.5 Å². The average Bonchev–Trinajstić information content (AvgIpc) is 2.76. The van der Waals surface area contributed by atoms with Gasteiger partial charge in [-0.25, -0.2) is 8.42 Å². The predicted octanol–water partition coefficient (Wildman–Crippen LogP) is 3.51. The summed E-state index contributed by atoms with van der Waals surface area (Å²) in [6.45, 7) is 9.40. The Morgan fingerprint density at radius 1 is 1.09 bits per heavy atom. The van der Waals surface area contributed by atoms with Crippen molar-refractivity contribution in [3.8, 4) is 11.5 Å². The quantitative estimate of drug-likeness (QED) is 0.619. The molecule has 0 aromatic heterocycles. The molecule has 0 fully saturated rings. The van der Waals surface area contributed by atoms with Crippen molar-refractivity contribution in [2.24, 2.45) is 5.92 Å². The molecular weight excluding hydrogens is 428 g/mol. The van der Waals surface area contributed by atoms with Crippen LogP contribution < -0.4 is 14.2 Å². The Kier molecular flexibility index (Phi) is 7.79. The normalized spacial score (nSPS) is 14.3. The second-order valence-electron chi connectivity index (χ2n) is 8.41. The molecule has 0 aliphatic carbocycles. The minimum absolute atomic E-state index is 0.129. The van der Waals surface area contributed by atoms with Crippen molar-refractivity contribution in [2.75, 3.05) is 19.8 Å². The topological polar surface area (TPSA) is 84.9 Å². The van der Waals surface area contributed by atoms with E-state index in [2.05, 4.69) is 4.72 Å². The lowest BCUT2D eigenvalue weighted by Crippen LogP contribution is -2.48. The molecule has 174 valence electrons. The highest BCUT2D eigenvalue weighted by molar-refractivity contribution is 7.89. The van der Waals surface area contributed by atoms with Crippen LogP contribution in [0.1, 0.15) is 38.3 Å². The summed E-state index contributed by atoms with van der Waals surface area (Å²) in [6, 6.07) is 11.3. The molecule has 0 saturated carbocycles. The Morgan fingerprint density at radius 2 is 1.78 bits per heavy atom. The standard InChI is InChI=1S/C24H32N2O5S/c1-5-26(16-19-7-6-8-22-23(19)31-14-13-30-22)24(27)21(15-17(2)3)25-32(28,29)20-11-9-18(4)10-12-20/h6-12,17,21,25H,5,13-16H2,1-4H3. The number of para-hydroxylation sites is 1. The first kappa shape index (κ1) is 24.1. The van der Waals surface area contributed by atoms with Crippen molar-refractivity contribution in [1.29, 1.82) is 0 Å². The first-order chi connectivity index (χ1) is 15.2. The molecule has 1 aliphatic rings. The van der Waals surface area contributed by atoms with Crippen LogP contribution in [0, 0.1) is 12.8 Å². The summed E-state index contributed by atoms with van der Waals surface area (Å²) in [6.07, 6.45) is 0.396. The van der Waals surface area contributed by atoms with Crippen LogP contribution in [-0.2, 0) is 21.4 Å². The van der Waals surface area contributed by atoms with E-state index in [1.54, 1.807) is 29.2 Å². The van der Waals surface area contributed by atoms with E-state index in [0.717, 1.165) is 11.1 Å². The SMILES string of the molecule is CCN(Cc1cccc2c1OCCO2)C(=O)C(CC(C)C)NS(=O)(=O)c1ccc(C)cc1. The van der Waals surface area contributed by atoms with E-state index in [4.69, 9.17) is 9.47 Å². The number of benzene rings is 2. The van der Waals surface area contributed by atoms with Crippen molar-refractivity contribution in [3.05, 3.63) is 53.6 Å². The van der Waals surface area contributed by atoms with Crippen molar-refractivity contribution in [3.63, 3.8) is 0 Å². The van der Waals surface area contributed by atoms with Crippen molar-refractivity contribution in [1.82, 2.24) is 9.62 Å². The summed E-state index contributed by atoms with van der Waals surface area (Å²) in [5, 5.41) is 0. The maximum absolute atomic E-state index is 13.5. The highest BCUT2D eigenvalue weighted by Gasteiger charge is 2.30. The minimum atomic E-state index is -3.84. The molecule has 1 amide bonds. The van der Waals surface area contributed by atoms with Gasteiger partial charge in [0.15, 0.2) is 11.5 Å². The zero-order valence-corrected chi connectivity index (χ0v) is 19.9. The van der Waals surface area contributed by atoms with Gasteiger partial charge in [0.1, 0.15) is 19.3 Å². The number of likely N-dealkylation sites (N-methyl/N-ethyl adjacent to an activating group) is 1. The van der Waals surface area contributed by atoms with Gasteiger partial charge < -0.3 is 14.4 Å². The summed E-state index contributed by atoms with van der Waals surface area (Å²) in [7, 11) is -3.84. The molecule has 0 bridgehead atoms. The van der Waals surface area contributed by atoms with Gasteiger partial charge in [-0.1, -0.05) is 43.7 Å². The summed E-state index contributed by atoms with van der Waals surface area (Å²) < 4.78 is 40.0. The van der Waals surface area contributed by atoms with Gasteiger partial charge in [0.05, 0.1) is 4.90 Å². The van der Waals surface area contributed by atoms with E-state index in [9.17, 15) is 13.2 Å². The van der Waals surface area contributed by atoms with Crippen LogP contribution >= 0.6 is 0 Å². The van der Waals surface area contributed by atoms with Gasteiger partial charge in [0.2, 0.25) is 15.9 Å². The predicted molar refractivity (Wildman–Crippen MR) is 123 cm³/mol. The van der Waals surface area contributed by atoms with Crippen LogP contribution in [-0.4, -0.2) is 45.0 Å². The lowest BCUT2D eigenvalue weighted by Gasteiger charge is -2.29. The summed E-state index contributed by atoms with van der Waals surface area (Å²) in [5.41, 5.74) is 1.80. The number of hydrogen-bond donors (Lipinski definition) is 1. The van der Waals surface area contributed by atoms with Gasteiger partial charge >= 0.3 is 0 Å². The Morgan fingerprint density at radius 3 is 2.44 bits per heavy atom. The first-order valence-electron chi connectivity index (χ1n) is 11.0. The number of ether oxygens (including phenoxy) is 2. The van der Waals surface area contributed by atoms with E-state index < -0.39 is 16.1 Å². The molecule has 1 heterocycles. The van der Waals surface area contributed by atoms with E-state index in [0.29, 0.717) is 44.2 Å². The Balaban J connectivity index is 1.83. The zero-order chi connectivity index (χ0) is 23.3. The number of fused-ring (bicyclic) bond motifs is 1. The number of sulfonamides is 1. The number of hydrogen-bond acceptors (Lipinski definition) is 5. The van der Waals surface area contributed by atoms with Crippen molar-refractivity contribution in [2.45, 2.75) is 51.6 Å². The molecule has 7 nitrogen and oxygen atoms in total. The summed E-state index contributed by atoms with van der Waals surface area (Å²) in [4.78, 5) is 15.3. The molecule has 1 aliphatic heterocycles. The number of carbonyl (C=O) groups excluding carboxylic acids is 1. The number of rotatable bonds is 9. The number of aryl methyl sites for hydroxylation is 1. The monoisotopic (exact) mass is 460 g/mol. The number of amides is 1. The molecular formula is C24H32N2O5S. The van der Waals surface area contributed by atoms with Crippen LogP contribution in [0.3, 0.4) is 0 Å². The molecule has 8 heteroatoms. The molecule has 0 saturated heterocycles. The fourth-order valence-corrected chi connectivity index (χ4v) is 4.88. The Labute approximate surface area is 190 Å². The molecule has 1 atom stereocenters. The summed E-state index contributed by atoms with van der Waals surface area (Å²) in [5.74, 6) is 1.18. The van der Waals surface area contributed by atoms with Crippen LogP contribution in [0.15, 0.2) is 47.4 Å². The molecule has 32 heavy (non-hydrogen) atoms. The highest BCUT2D eigenvalue weighted by Crippen LogP contribution is 2.34. The third-order valence-electron chi connectivity index (χ3n) is 5.34. The zero-order valence-electron chi connectivity index (χ0n) is 19.1. The van der Waals surface area contributed by atoms with Crippen LogP contribution in [0.2, 0.25) is 0 Å². The molecule has 0 radical (unpaired) electrons. The number of nitrogens with zero attached hydrogens (tertiary/aromatic N) is 1. The fraction of sp³-hybridized carbons (Fsp3) is 0.458. The highest BCUT2D eigenvalue weighted by atomic mass is 32.2. The third-order valence-corrected chi connectivity index (χ3v) is 6.82. The van der Waals surface area contributed by atoms with Crippen LogP contribution in [0.25, 0.3) is 0 Å². The molecule has 3 rings (SSSR count). The molecule has 2 aromatic rings. The maximum atomic E-state index is 13.5. The largest absolute Gasteiger partial charge is 0.486 e. The first-order valence-corrected chi connectivity index (χ1v) is 12.4. The summed E-state index contributed by atoms with van der Waals surface area (Å²) >= 11 is 0. The number of nitrogens with one attached hydrogen (secondary N) is 1. The second kappa shape index (κ2) is 10.4. The lowest BCUT2D eigenvalue weighted by molar-refractivity contribution is -0.133. The van der Waals surface area contributed by atoms with Gasteiger partial charge in [0, 0.05) is 18.7 Å². The van der Waals surface area contributed by atoms with Gasteiger partial charge in [-0.05, 0) is 44.4 Å². The van der Waals surface area contributed by atoms with Gasteiger partial charge in [-0.2, -0.15) is 4.72 Å². The molecule has 2 aromatic carbocycles. The van der Waals surface area contributed by atoms with Crippen molar-refractivity contribution < 1.29 is 22.7 Å². The Bertz CT molecular complexity index is 1030. The second-order valence-corrected chi connectivity index (χ2v) is 10.1. The molecule has 1 N–H and O–H groups in total. The third kappa shape index (κ3) is 5.81. The minimum Gasteiger partial charge on any atom is -0.486 e. The molecule has 1 unspecified atom stereocenters. The smallest absolute Gasteiger partial charge is 0.241 e. The number of carbonyl (C=O) groups is 1. The van der Waals surface area contributed by atoms with E-state index in [-0.39, 0.29) is 16.7 Å². The lowest BCUT2D eigenvalue weighted by atomic mass is 10.0. The van der Waals surface area contributed by atoms with Gasteiger partial charge in [-0.15, -0.1) is 0 Å². The van der Waals surface area contributed by atoms with E-state index >= 15 is 0 Å². The molecule has 0 spiro atoms. The fourth-order valence-electron chi connectivity index (χ4n) is 3.67. The van der Waals surface area contributed by atoms with Crippen LogP contribution in [0.4, 0.5) is 0 Å². The van der Waals surface area contributed by atoms with E-state index in [1.807, 2.05) is 45.9 Å². The maximum Gasteiger partial charge on any atom is 0.241 e. The van der Waals surface area contributed by atoms with Gasteiger partial charge in [-0.3, -0.25) is 4.79 Å². The average molecular weight is 461 g/mol. The Hall–Kier alpha value is -2.58. The van der Waals surface area contributed by atoms with Crippen molar-refractivity contribution >= 4 is 15.9 Å².